The summed E-state index contributed by atoms with van der Waals surface area (Å²) in [6.07, 6.45) is 6.12. The fourth-order valence-corrected chi connectivity index (χ4v) is 6.26. The van der Waals surface area contributed by atoms with Crippen molar-refractivity contribution in [3.8, 4) is 33.9 Å². The fraction of sp³-hybridized carbons (Fsp3) is 0.258. The number of aromatic nitrogens is 7. The maximum atomic E-state index is 14.6. The first-order valence-electron chi connectivity index (χ1n) is 14.2. The number of fused-ring (bicyclic) bond motifs is 2. The van der Waals surface area contributed by atoms with Crippen molar-refractivity contribution in [3.63, 3.8) is 0 Å². The molecule has 7 rings (SSSR count). The van der Waals surface area contributed by atoms with E-state index in [4.69, 9.17) is 4.98 Å². The first-order chi connectivity index (χ1) is 21.5. The molecule has 0 spiro atoms. The third-order valence-electron chi connectivity index (χ3n) is 7.80. The Kier molecular flexibility index (Phi) is 7.12. The quantitative estimate of drug-likeness (QED) is 0.234. The number of H-pyrrole nitrogens is 2. The molecule has 6 aromatic rings. The predicted molar refractivity (Wildman–Crippen MR) is 164 cm³/mol. The van der Waals surface area contributed by atoms with Crippen molar-refractivity contribution in [3.05, 3.63) is 78.0 Å². The molecule has 0 radical (unpaired) electrons. The Morgan fingerprint density at radius 1 is 1.02 bits per heavy atom. The van der Waals surface area contributed by atoms with Crippen LogP contribution in [0, 0.1) is 5.82 Å². The lowest BCUT2D eigenvalue weighted by atomic mass is 10.0. The Balaban J connectivity index is 1.22. The number of sulfone groups is 1. The second-order valence-corrected chi connectivity index (χ2v) is 13.7. The maximum Gasteiger partial charge on any atom is 0.261 e. The van der Waals surface area contributed by atoms with Crippen molar-refractivity contribution in [2.45, 2.75) is 25.3 Å². The third-order valence-corrected chi connectivity index (χ3v) is 8.75. The molecule has 0 bridgehead atoms. The number of pyridine rings is 3. The van der Waals surface area contributed by atoms with Crippen molar-refractivity contribution in [1.29, 1.82) is 0 Å². The molecule has 230 valence electrons. The van der Waals surface area contributed by atoms with E-state index < -0.39 is 21.6 Å². The largest absolute Gasteiger partial charge is 0.335 e. The number of hydrogen-bond acceptors (Lipinski definition) is 8. The zero-order valence-electron chi connectivity index (χ0n) is 24.1. The van der Waals surface area contributed by atoms with Crippen LogP contribution < -0.4 is 0 Å². The van der Waals surface area contributed by atoms with Crippen LogP contribution >= 0.6 is 0 Å². The highest BCUT2D eigenvalue weighted by molar-refractivity contribution is 7.90. The number of halogens is 3. The molecule has 45 heavy (non-hydrogen) atoms. The van der Waals surface area contributed by atoms with Crippen molar-refractivity contribution < 1.29 is 21.6 Å². The highest BCUT2D eigenvalue weighted by Gasteiger charge is 2.38. The van der Waals surface area contributed by atoms with Gasteiger partial charge in [0.15, 0.2) is 17.2 Å². The normalized spacial score (nSPS) is 15.4. The summed E-state index contributed by atoms with van der Waals surface area (Å²) in [5.41, 5.74) is 6.56. The first-order valence-corrected chi connectivity index (χ1v) is 16.3. The van der Waals surface area contributed by atoms with E-state index in [1.165, 1.54) is 12.1 Å². The number of likely N-dealkylation sites (tertiary alicyclic amines) is 1. The van der Waals surface area contributed by atoms with Gasteiger partial charge in [-0.15, -0.1) is 0 Å². The minimum absolute atomic E-state index is 0.0885. The van der Waals surface area contributed by atoms with E-state index in [0.29, 0.717) is 69.2 Å². The predicted octanol–water partition coefficient (Wildman–Crippen LogP) is 5.19. The summed E-state index contributed by atoms with van der Waals surface area (Å²) in [5.74, 6) is -2.83. The van der Waals surface area contributed by atoms with Crippen LogP contribution in [0.15, 0.2) is 61.1 Å². The summed E-state index contributed by atoms with van der Waals surface area (Å²) in [7, 11) is -3.21. The number of alkyl halides is 2. The molecule has 10 nitrogen and oxygen atoms in total. The van der Waals surface area contributed by atoms with Crippen LogP contribution in [0.1, 0.15) is 17.5 Å². The van der Waals surface area contributed by atoms with E-state index in [1.54, 1.807) is 35.6 Å². The van der Waals surface area contributed by atoms with Gasteiger partial charge >= 0.3 is 0 Å². The standard InChI is InChI=1S/C31H27F3N8O2S/c1-45(43,44)9-5-18-10-20(13-22(32)12-18)23-4-7-36-29-26(23)38-30(39-29)28-27-25(40-41-28)3-2-24(37-27)21-11-19(14-35-15-21)16-42-8-6-31(33,34)17-42/h2-4,7,10-15H,5-6,8-9,16-17H2,1H3,(H,40,41)(H,36,38,39). The monoisotopic (exact) mass is 632 g/mol. The molecule has 0 atom stereocenters. The van der Waals surface area contributed by atoms with Crippen LogP contribution in [-0.2, 0) is 22.8 Å². The molecule has 0 unspecified atom stereocenters. The van der Waals surface area contributed by atoms with Gasteiger partial charge in [-0.25, -0.2) is 36.5 Å². The van der Waals surface area contributed by atoms with Gasteiger partial charge in [0.05, 0.1) is 29.0 Å². The molecule has 0 amide bonds. The second kappa shape index (κ2) is 11.0. The zero-order valence-corrected chi connectivity index (χ0v) is 24.9. The van der Waals surface area contributed by atoms with Crippen LogP contribution in [-0.4, -0.2) is 79.5 Å². The summed E-state index contributed by atoms with van der Waals surface area (Å²) in [6, 6.07) is 11.8. The van der Waals surface area contributed by atoms with Gasteiger partial charge in [-0.05, 0) is 59.5 Å². The van der Waals surface area contributed by atoms with E-state index in [9.17, 15) is 21.6 Å². The molecule has 1 fully saturated rings. The Bertz CT molecular complexity index is 2180. The zero-order chi connectivity index (χ0) is 31.3. The average Bonchev–Trinajstić information content (AvgIpc) is 3.71. The molecule has 5 aromatic heterocycles. The number of imidazole rings is 1. The molecule has 14 heteroatoms. The van der Waals surface area contributed by atoms with Crippen molar-refractivity contribution >= 4 is 32.0 Å². The number of rotatable bonds is 8. The fourth-order valence-electron chi connectivity index (χ4n) is 5.66. The molecule has 2 N–H and O–H groups in total. The minimum atomic E-state index is -3.21. The molecule has 0 aliphatic carbocycles. The van der Waals surface area contributed by atoms with Gasteiger partial charge in [-0.3, -0.25) is 15.0 Å². The second-order valence-electron chi connectivity index (χ2n) is 11.4. The van der Waals surface area contributed by atoms with Crippen LogP contribution in [0.2, 0.25) is 0 Å². The van der Waals surface area contributed by atoms with Crippen molar-refractivity contribution in [2.75, 3.05) is 25.1 Å². The Morgan fingerprint density at radius 2 is 1.87 bits per heavy atom. The summed E-state index contributed by atoms with van der Waals surface area (Å²) in [4.78, 5) is 23.2. The van der Waals surface area contributed by atoms with E-state index in [0.717, 1.165) is 17.4 Å². The van der Waals surface area contributed by atoms with Gasteiger partial charge in [0.1, 0.15) is 21.2 Å². The number of benzene rings is 1. The van der Waals surface area contributed by atoms with E-state index in [2.05, 4.69) is 30.1 Å². The summed E-state index contributed by atoms with van der Waals surface area (Å²) >= 11 is 0. The van der Waals surface area contributed by atoms with E-state index in [1.807, 2.05) is 18.2 Å². The van der Waals surface area contributed by atoms with Crippen molar-refractivity contribution in [2.24, 2.45) is 0 Å². The average molecular weight is 633 g/mol. The van der Waals surface area contributed by atoms with E-state index >= 15 is 0 Å². The van der Waals surface area contributed by atoms with Gasteiger partial charge in [-0.1, -0.05) is 6.07 Å². The number of aromatic amines is 2. The summed E-state index contributed by atoms with van der Waals surface area (Å²) in [6.45, 7) is 0.434. The lowest BCUT2D eigenvalue weighted by molar-refractivity contribution is 0.0115. The Labute approximate surface area is 255 Å². The molecule has 1 saturated heterocycles. The van der Waals surface area contributed by atoms with Crippen LogP contribution in [0.4, 0.5) is 13.2 Å². The Morgan fingerprint density at radius 3 is 2.67 bits per heavy atom. The molecule has 0 saturated carbocycles. The topological polar surface area (TPSA) is 133 Å². The molecule has 1 aliphatic rings. The van der Waals surface area contributed by atoms with Crippen molar-refractivity contribution in [1.82, 2.24) is 40.0 Å². The number of nitrogens with one attached hydrogen (secondary N) is 2. The molecular formula is C31H27F3N8O2S. The summed E-state index contributed by atoms with van der Waals surface area (Å²) in [5, 5.41) is 7.43. The van der Waals surface area contributed by atoms with Gasteiger partial charge in [0.2, 0.25) is 0 Å². The summed E-state index contributed by atoms with van der Waals surface area (Å²) < 4.78 is 65.3. The molecule has 6 heterocycles. The number of hydrogen-bond donors (Lipinski definition) is 2. The highest BCUT2D eigenvalue weighted by atomic mass is 32.2. The van der Waals surface area contributed by atoms with E-state index in [-0.39, 0.29) is 25.1 Å². The lowest BCUT2D eigenvalue weighted by Gasteiger charge is -2.15. The third kappa shape index (κ3) is 6.15. The van der Waals surface area contributed by atoms with Gasteiger partial charge in [0, 0.05) is 55.5 Å². The highest BCUT2D eigenvalue weighted by Crippen LogP contribution is 2.33. The molecule has 1 aliphatic heterocycles. The lowest BCUT2D eigenvalue weighted by Crippen LogP contribution is -2.24. The number of nitrogens with zero attached hydrogens (tertiary/aromatic N) is 6. The smallest absolute Gasteiger partial charge is 0.261 e. The maximum absolute atomic E-state index is 14.6. The van der Waals surface area contributed by atoms with Gasteiger partial charge < -0.3 is 4.98 Å². The van der Waals surface area contributed by atoms with Crippen LogP contribution in [0.25, 0.3) is 56.1 Å². The molecule has 1 aromatic carbocycles. The Hall–Kier alpha value is -4.69. The van der Waals surface area contributed by atoms with Crippen LogP contribution in [0.3, 0.4) is 0 Å². The van der Waals surface area contributed by atoms with Gasteiger partial charge in [-0.2, -0.15) is 5.10 Å². The number of aryl methyl sites for hydroxylation is 1. The molecular weight excluding hydrogens is 605 g/mol. The minimum Gasteiger partial charge on any atom is -0.335 e. The van der Waals surface area contributed by atoms with Gasteiger partial charge in [0.25, 0.3) is 5.92 Å². The SMILES string of the molecule is CS(=O)(=O)CCc1cc(F)cc(-c2ccnc3nc(-c4n[nH]c5ccc(-c6cncc(CN7CCC(F)(F)C7)c6)nc45)[nH]c23)c1. The van der Waals surface area contributed by atoms with Crippen LogP contribution in [0.5, 0.6) is 0 Å². The first kappa shape index (κ1) is 29.0.